The van der Waals surface area contributed by atoms with Gasteiger partial charge < -0.3 is 15.2 Å². The molecule has 2 aliphatic rings. The van der Waals surface area contributed by atoms with Crippen LogP contribution in [0.2, 0.25) is 0 Å². The van der Waals surface area contributed by atoms with E-state index in [9.17, 15) is 4.79 Å². The standard InChI is InChI=1S/C22H24N4O.2ClH/c1-14-24-19-8-7-15(9-20(19)25-14)10-21(27)26-13-17-11-23-12-18(17)22(26)16-5-3-2-4-6-16;;/h2-9,17-18,22-23H,10-13H2,1H3,(H,24,25);2*1H/t17-,18-,22+;;/m0../s1. The highest BCUT2D eigenvalue weighted by Gasteiger charge is 2.46. The average Bonchev–Trinajstić information content (AvgIpc) is 3.34. The number of aromatic nitrogens is 2. The van der Waals surface area contributed by atoms with Gasteiger partial charge in [-0.25, -0.2) is 4.98 Å². The van der Waals surface area contributed by atoms with Gasteiger partial charge in [0.2, 0.25) is 5.91 Å². The van der Waals surface area contributed by atoms with Gasteiger partial charge in [0.15, 0.2) is 0 Å². The number of nitrogens with one attached hydrogen (secondary N) is 2. The number of hydrogen-bond acceptors (Lipinski definition) is 3. The number of hydrogen-bond donors (Lipinski definition) is 2. The smallest absolute Gasteiger partial charge is 0.227 e. The van der Waals surface area contributed by atoms with Gasteiger partial charge in [-0.3, -0.25) is 4.79 Å². The summed E-state index contributed by atoms with van der Waals surface area (Å²) in [5, 5.41) is 3.51. The van der Waals surface area contributed by atoms with Crippen molar-refractivity contribution in [2.45, 2.75) is 19.4 Å². The Kier molecular flexibility index (Phi) is 6.52. The van der Waals surface area contributed by atoms with Gasteiger partial charge in [-0.1, -0.05) is 36.4 Å². The SMILES string of the molecule is Cc1nc2ccc(CC(=O)N3C[C@@H]4CNC[C@@H]4[C@H]3c3ccccc3)cc2[nH]1.Cl.Cl. The van der Waals surface area contributed by atoms with E-state index in [1.165, 1.54) is 5.56 Å². The Morgan fingerprint density at radius 3 is 2.72 bits per heavy atom. The van der Waals surface area contributed by atoms with E-state index in [1.807, 2.05) is 25.1 Å². The Balaban J connectivity index is 0.00000120. The molecule has 7 heteroatoms. The van der Waals surface area contributed by atoms with E-state index in [0.717, 1.165) is 42.1 Å². The number of benzene rings is 2. The molecule has 154 valence electrons. The van der Waals surface area contributed by atoms with Crippen LogP contribution in [-0.4, -0.2) is 40.4 Å². The monoisotopic (exact) mass is 432 g/mol. The lowest BCUT2D eigenvalue weighted by Gasteiger charge is -2.28. The molecule has 5 nitrogen and oxygen atoms in total. The lowest BCUT2D eigenvalue weighted by Crippen LogP contribution is -2.35. The second kappa shape index (κ2) is 8.74. The van der Waals surface area contributed by atoms with E-state index < -0.39 is 0 Å². The van der Waals surface area contributed by atoms with Crippen LogP contribution in [0.5, 0.6) is 0 Å². The second-order valence-electron chi connectivity index (χ2n) is 7.83. The van der Waals surface area contributed by atoms with E-state index in [1.54, 1.807) is 0 Å². The molecule has 1 amide bonds. The van der Waals surface area contributed by atoms with Crippen molar-refractivity contribution in [1.82, 2.24) is 20.2 Å². The zero-order chi connectivity index (χ0) is 18.4. The number of carbonyl (C=O) groups excluding carboxylic acids is 1. The van der Waals surface area contributed by atoms with Gasteiger partial charge in [0.05, 0.1) is 23.5 Å². The largest absolute Gasteiger partial charge is 0.342 e. The van der Waals surface area contributed by atoms with Crippen LogP contribution in [-0.2, 0) is 11.2 Å². The molecule has 0 saturated carbocycles. The molecular formula is C22H26Cl2N4O. The Morgan fingerprint density at radius 2 is 1.93 bits per heavy atom. The van der Waals surface area contributed by atoms with Crippen molar-refractivity contribution >= 4 is 41.8 Å². The molecule has 0 unspecified atom stereocenters. The summed E-state index contributed by atoms with van der Waals surface area (Å²) < 4.78 is 0. The second-order valence-corrected chi connectivity index (χ2v) is 7.83. The molecule has 0 aliphatic carbocycles. The summed E-state index contributed by atoms with van der Waals surface area (Å²) in [7, 11) is 0. The van der Waals surface area contributed by atoms with E-state index in [2.05, 4.69) is 50.5 Å². The zero-order valence-electron chi connectivity index (χ0n) is 16.3. The minimum Gasteiger partial charge on any atom is -0.342 e. The van der Waals surface area contributed by atoms with Gasteiger partial charge in [0.1, 0.15) is 5.82 Å². The van der Waals surface area contributed by atoms with Crippen molar-refractivity contribution in [3.8, 4) is 0 Å². The molecule has 5 rings (SSSR count). The molecule has 2 aromatic carbocycles. The first-order chi connectivity index (χ1) is 13.2. The fourth-order valence-corrected chi connectivity index (χ4v) is 4.82. The maximum atomic E-state index is 13.3. The number of rotatable bonds is 3. The number of likely N-dealkylation sites (tertiary alicyclic amines) is 1. The van der Waals surface area contributed by atoms with Gasteiger partial charge >= 0.3 is 0 Å². The molecule has 0 spiro atoms. The van der Waals surface area contributed by atoms with Crippen molar-refractivity contribution in [2.24, 2.45) is 11.8 Å². The third kappa shape index (κ3) is 4.00. The fraction of sp³-hybridized carbons (Fsp3) is 0.364. The first kappa shape index (κ1) is 21.6. The van der Waals surface area contributed by atoms with Crippen molar-refractivity contribution in [3.63, 3.8) is 0 Å². The number of fused-ring (bicyclic) bond motifs is 2. The minimum atomic E-state index is 0. The van der Waals surface area contributed by atoms with Crippen molar-refractivity contribution in [1.29, 1.82) is 0 Å². The average molecular weight is 433 g/mol. The number of amides is 1. The van der Waals surface area contributed by atoms with E-state index in [0.29, 0.717) is 18.3 Å². The van der Waals surface area contributed by atoms with Crippen LogP contribution in [0.25, 0.3) is 11.0 Å². The van der Waals surface area contributed by atoms with Gasteiger partial charge in [0, 0.05) is 25.6 Å². The Labute approximate surface area is 183 Å². The summed E-state index contributed by atoms with van der Waals surface area (Å²) >= 11 is 0. The topological polar surface area (TPSA) is 61.0 Å². The van der Waals surface area contributed by atoms with Gasteiger partial charge in [-0.2, -0.15) is 0 Å². The van der Waals surface area contributed by atoms with Crippen LogP contribution in [0, 0.1) is 18.8 Å². The lowest BCUT2D eigenvalue weighted by molar-refractivity contribution is -0.131. The highest BCUT2D eigenvalue weighted by molar-refractivity contribution is 5.85. The number of H-pyrrole nitrogens is 1. The molecular weight excluding hydrogens is 407 g/mol. The van der Waals surface area contributed by atoms with E-state index in [-0.39, 0.29) is 36.8 Å². The summed E-state index contributed by atoms with van der Waals surface area (Å²) in [6.07, 6.45) is 0.435. The maximum absolute atomic E-state index is 13.3. The van der Waals surface area contributed by atoms with Crippen molar-refractivity contribution < 1.29 is 4.79 Å². The number of carbonyl (C=O) groups is 1. The van der Waals surface area contributed by atoms with Gasteiger partial charge in [-0.15, -0.1) is 24.8 Å². The molecule has 2 fully saturated rings. The number of imidazole rings is 1. The highest BCUT2D eigenvalue weighted by Crippen LogP contribution is 2.42. The minimum absolute atomic E-state index is 0. The Morgan fingerprint density at radius 1 is 1.14 bits per heavy atom. The fourth-order valence-electron chi connectivity index (χ4n) is 4.82. The number of aryl methyl sites for hydroxylation is 1. The van der Waals surface area contributed by atoms with E-state index in [4.69, 9.17) is 0 Å². The predicted molar refractivity (Wildman–Crippen MR) is 120 cm³/mol. The summed E-state index contributed by atoms with van der Waals surface area (Å²) in [5.74, 6) is 2.18. The molecule has 3 heterocycles. The number of nitrogens with zero attached hydrogens (tertiary/aromatic N) is 2. The molecule has 0 radical (unpaired) electrons. The molecule has 29 heavy (non-hydrogen) atoms. The molecule has 3 atom stereocenters. The van der Waals surface area contributed by atoms with E-state index >= 15 is 0 Å². The molecule has 0 bridgehead atoms. The summed E-state index contributed by atoms with van der Waals surface area (Å²) in [6.45, 7) is 4.80. The number of aromatic amines is 1. The quantitative estimate of drug-likeness (QED) is 0.663. The Hall–Kier alpha value is -2.08. The molecule has 2 aliphatic heterocycles. The maximum Gasteiger partial charge on any atom is 0.227 e. The number of halogens is 2. The van der Waals surface area contributed by atoms with Crippen LogP contribution in [0.15, 0.2) is 48.5 Å². The van der Waals surface area contributed by atoms with Crippen LogP contribution in [0.4, 0.5) is 0 Å². The molecule has 2 saturated heterocycles. The first-order valence-corrected chi connectivity index (χ1v) is 9.69. The van der Waals surface area contributed by atoms with Crippen molar-refractivity contribution in [2.75, 3.05) is 19.6 Å². The normalized spacial score (nSPS) is 22.8. The van der Waals surface area contributed by atoms with Crippen molar-refractivity contribution in [3.05, 3.63) is 65.5 Å². The van der Waals surface area contributed by atoms with Gasteiger partial charge in [-0.05, 0) is 36.1 Å². The van der Waals surface area contributed by atoms with Crippen LogP contribution >= 0.6 is 24.8 Å². The summed E-state index contributed by atoms with van der Waals surface area (Å²) in [4.78, 5) is 23.1. The van der Waals surface area contributed by atoms with Crippen LogP contribution in [0.3, 0.4) is 0 Å². The highest BCUT2D eigenvalue weighted by atomic mass is 35.5. The molecule has 3 aromatic rings. The van der Waals surface area contributed by atoms with Gasteiger partial charge in [0.25, 0.3) is 0 Å². The summed E-state index contributed by atoms with van der Waals surface area (Å²) in [5.41, 5.74) is 4.24. The third-order valence-electron chi connectivity index (χ3n) is 6.05. The molecule has 2 N–H and O–H groups in total. The third-order valence-corrected chi connectivity index (χ3v) is 6.05. The molecule has 1 aromatic heterocycles. The summed E-state index contributed by atoms with van der Waals surface area (Å²) in [6, 6.07) is 16.8. The van der Waals surface area contributed by atoms with Crippen LogP contribution < -0.4 is 5.32 Å². The first-order valence-electron chi connectivity index (χ1n) is 9.69. The van der Waals surface area contributed by atoms with Crippen LogP contribution in [0.1, 0.15) is 23.0 Å². The predicted octanol–water partition coefficient (Wildman–Crippen LogP) is 3.68. The lowest BCUT2D eigenvalue weighted by atomic mass is 9.89. The zero-order valence-corrected chi connectivity index (χ0v) is 17.9. The Bertz CT molecular complexity index is 991.